The van der Waals surface area contributed by atoms with Gasteiger partial charge in [0.15, 0.2) is 11.5 Å². The third-order valence-corrected chi connectivity index (χ3v) is 6.86. The van der Waals surface area contributed by atoms with Crippen molar-refractivity contribution < 1.29 is 32.2 Å². The first-order chi connectivity index (χ1) is 15.8. The minimum absolute atomic E-state index is 0.121. The highest BCUT2D eigenvalue weighted by molar-refractivity contribution is 7.93. The Hall–Kier alpha value is -3.14. The van der Waals surface area contributed by atoms with Gasteiger partial charge in [-0.15, -0.1) is 0 Å². The molecule has 1 fully saturated rings. The van der Waals surface area contributed by atoms with E-state index in [0.717, 1.165) is 0 Å². The van der Waals surface area contributed by atoms with Crippen LogP contribution in [0, 0.1) is 0 Å². The first-order valence-electron chi connectivity index (χ1n) is 10.9. The molecule has 2 aromatic rings. The maximum absolute atomic E-state index is 13.1. The maximum Gasteiger partial charge on any atom is 0.256 e. The van der Waals surface area contributed by atoms with Crippen molar-refractivity contribution in [3.63, 3.8) is 0 Å². The Bertz CT molecular complexity index is 1070. The van der Waals surface area contributed by atoms with Gasteiger partial charge in [-0.3, -0.25) is 9.10 Å². The van der Waals surface area contributed by atoms with Crippen molar-refractivity contribution in [1.82, 2.24) is 0 Å². The van der Waals surface area contributed by atoms with Crippen LogP contribution in [0.25, 0.3) is 0 Å². The third kappa shape index (κ3) is 5.44. The molecule has 0 unspecified atom stereocenters. The van der Waals surface area contributed by atoms with E-state index in [4.69, 9.17) is 18.9 Å². The SMILES string of the molecule is CCOc1cc(C(=O)Nc2ccc(N3CCCS3(=O)=O)cc2OC)cc(OCC)c1OCC. The van der Waals surface area contributed by atoms with Gasteiger partial charge in [0.1, 0.15) is 5.75 Å². The first-order valence-corrected chi connectivity index (χ1v) is 12.5. The van der Waals surface area contributed by atoms with Crippen LogP contribution in [0.15, 0.2) is 30.3 Å². The van der Waals surface area contributed by atoms with Crippen molar-refractivity contribution in [2.24, 2.45) is 0 Å². The van der Waals surface area contributed by atoms with E-state index in [0.29, 0.717) is 72.7 Å². The third-order valence-electron chi connectivity index (χ3n) is 4.99. The fourth-order valence-corrected chi connectivity index (χ4v) is 5.14. The van der Waals surface area contributed by atoms with Gasteiger partial charge in [0, 0.05) is 18.2 Å². The zero-order valence-electron chi connectivity index (χ0n) is 19.3. The van der Waals surface area contributed by atoms with E-state index in [1.54, 1.807) is 30.3 Å². The molecule has 1 aliphatic heterocycles. The highest BCUT2D eigenvalue weighted by Gasteiger charge is 2.29. The van der Waals surface area contributed by atoms with Crippen LogP contribution in [0.2, 0.25) is 0 Å². The number of amides is 1. The summed E-state index contributed by atoms with van der Waals surface area (Å²) < 4.78 is 48.3. The molecule has 1 heterocycles. The topological polar surface area (TPSA) is 103 Å². The monoisotopic (exact) mass is 478 g/mol. The van der Waals surface area contributed by atoms with Gasteiger partial charge >= 0.3 is 0 Å². The Morgan fingerprint density at radius 3 is 2.12 bits per heavy atom. The van der Waals surface area contributed by atoms with Crippen molar-refractivity contribution in [2.75, 3.05) is 48.9 Å². The number of hydrogen-bond acceptors (Lipinski definition) is 7. The van der Waals surface area contributed by atoms with Crippen LogP contribution < -0.4 is 28.6 Å². The van der Waals surface area contributed by atoms with Gasteiger partial charge < -0.3 is 24.3 Å². The Labute approximate surface area is 194 Å². The zero-order chi connectivity index (χ0) is 24.0. The molecular formula is C23H30N2O7S. The number of nitrogens with zero attached hydrogens (tertiary/aromatic N) is 1. The second-order valence-electron chi connectivity index (χ2n) is 7.18. The number of hydrogen-bond donors (Lipinski definition) is 1. The van der Waals surface area contributed by atoms with Gasteiger partial charge in [0.05, 0.1) is 44.1 Å². The fourth-order valence-electron chi connectivity index (χ4n) is 3.58. The van der Waals surface area contributed by atoms with Crippen LogP contribution in [-0.2, 0) is 10.0 Å². The second-order valence-corrected chi connectivity index (χ2v) is 9.19. The molecule has 0 bridgehead atoms. The van der Waals surface area contributed by atoms with E-state index < -0.39 is 15.9 Å². The van der Waals surface area contributed by atoms with Crippen LogP contribution in [-0.4, -0.2) is 53.6 Å². The Morgan fingerprint density at radius 1 is 0.970 bits per heavy atom. The number of carbonyl (C=O) groups is 1. The minimum atomic E-state index is -3.32. The lowest BCUT2D eigenvalue weighted by atomic mass is 10.1. The van der Waals surface area contributed by atoms with Gasteiger partial charge in [-0.05, 0) is 51.5 Å². The van der Waals surface area contributed by atoms with E-state index in [9.17, 15) is 13.2 Å². The summed E-state index contributed by atoms with van der Waals surface area (Å²) in [5, 5.41) is 2.82. The highest BCUT2D eigenvalue weighted by Crippen LogP contribution is 2.40. The molecule has 0 atom stereocenters. The Balaban J connectivity index is 1.91. The molecule has 0 aliphatic carbocycles. The van der Waals surface area contributed by atoms with Gasteiger partial charge in [0.25, 0.3) is 5.91 Å². The van der Waals surface area contributed by atoms with Crippen molar-refractivity contribution >= 4 is 27.3 Å². The number of rotatable bonds is 10. The molecule has 0 saturated carbocycles. The average molecular weight is 479 g/mol. The predicted molar refractivity (Wildman–Crippen MR) is 127 cm³/mol. The number of ether oxygens (including phenoxy) is 4. The molecule has 3 rings (SSSR count). The molecule has 180 valence electrons. The lowest BCUT2D eigenvalue weighted by molar-refractivity contribution is 0.102. The van der Waals surface area contributed by atoms with Crippen molar-refractivity contribution in [2.45, 2.75) is 27.2 Å². The van der Waals surface area contributed by atoms with Crippen LogP contribution in [0.3, 0.4) is 0 Å². The van der Waals surface area contributed by atoms with E-state index in [2.05, 4.69) is 5.32 Å². The van der Waals surface area contributed by atoms with E-state index in [1.807, 2.05) is 20.8 Å². The van der Waals surface area contributed by atoms with Crippen LogP contribution in [0.1, 0.15) is 37.6 Å². The number of anilines is 2. The van der Waals surface area contributed by atoms with Crippen molar-refractivity contribution in [3.05, 3.63) is 35.9 Å². The Kier molecular flexibility index (Phi) is 7.91. The second kappa shape index (κ2) is 10.7. The molecule has 1 aliphatic rings. The fraction of sp³-hybridized carbons (Fsp3) is 0.435. The number of carbonyl (C=O) groups excluding carboxylic acids is 1. The van der Waals surface area contributed by atoms with Crippen molar-refractivity contribution in [1.29, 1.82) is 0 Å². The molecule has 0 spiro atoms. The molecule has 10 heteroatoms. The number of benzene rings is 2. The summed E-state index contributed by atoms with van der Waals surface area (Å²) in [4.78, 5) is 13.1. The van der Waals surface area contributed by atoms with E-state index >= 15 is 0 Å². The summed E-state index contributed by atoms with van der Waals surface area (Å²) in [6.45, 7) is 7.17. The molecule has 0 radical (unpaired) electrons. The molecule has 1 N–H and O–H groups in total. The number of methoxy groups -OCH3 is 1. The van der Waals surface area contributed by atoms with Gasteiger partial charge in [-0.25, -0.2) is 8.42 Å². The van der Waals surface area contributed by atoms with Crippen molar-refractivity contribution in [3.8, 4) is 23.0 Å². The zero-order valence-corrected chi connectivity index (χ0v) is 20.2. The predicted octanol–water partition coefficient (Wildman–Crippen LogP) is 3.68. The quantitative estimate of drug-likeness (QED) is 0.555. The lowest BCUT2D eigenvalue weighted by Crippen LogP contribution is -2.25. The van der Waals surface area contributed by atoms with Crippen LogP contribution >= 0.6 is 0 Å². The minimum Gasteiger partial charge on any atom is -0.494 e. The highest BCUT2D eigenvalue weighted by atomic mass is 32.2. The number of nitrogens with one attached hydrogen (secondary N) is 1. The standard InChI is InChI=1S/C23H30N2O7S/c1-5-30-20-13-16(14-21(31-6-2)22(20)32-7-3)23(26)24-18-10-9-17(15-19(18)29-4)25-11-8-12-33(25,27)28/h9-10,13-15H,5-8,11-12H2,1-4H3,(H,24,26). The average Bonchev–Trinajstić information content (AvgIpc) is 3.15. The lowest BCUT2D eigenvalue weighted by Gasteiger charge is -2.19. The maximum atomic E-state index is 13.1. The summed E-state index contributed by atoms with van der Waals surface area (Å²) >= 11 is 0. The largest absolute Gasteiger partial charge is 0.494 e. The van der Waals surface area contributed by atoms with Gasteiger partial charge in [-0.1, -0.05) is 0 Å². The summed E-state index contributed by atoms with van der Waals surface area (Å²) in [5.41, 5.74) is 1.23. The molecule has 1 saturated heterocycles. The molecule has 0 aromatic heterocycles. The van der Waals surface area contributed by atoms with E-state index in [-0.39, 0.29) is 5.75 Å². The van der Waals surface area contributed by atoms with E-state index in [1.165, 1.54) is 11.4 Å². The first kappa shape index (κ1) is 24.5. The smallest absolute Gasteiger partial charge is 0.256 e. The molecular weight excluding hydrogens is 448 g/mol. The molecule has 1 amide bonds. The number of sulfonamides is 1. The van der Waals surface area contributed by atoms with Gasteiger partial charge in [0.2, 0.25) is 15.8 Å². The Morgan fingerprint density at radius 2 is 1.61 bits per heavy atom. The molecule has 9 nitrogen and oxygen atoms in total. The summed E-state index contributed by atoms with van der Waals surface area (Å²) in [5.74, 6) is 1.35. The molecule has 33 heavy (non-hydrogen) atoms. The van der Waals surface area contributed by atoms with Crippen LogP contribution in [0.5, 0.6) is 23.0 Å². The molecule has 2 aromatic carbocycles. The summed E-state index contributed by atoms with van der Waals surface area (Å²) in [7, 11) is -1.86. The normalized spacial score (nSPS) is 14.6. The summed E-state index contributed by atoms with van der Waals surface area (Å²) in [6, 6.07) is 8.08. The van der Waals surface area contributed by atoms with Crippen LogP contribution in [0.4, 0.5) is 11.4 Å². The summed E-state index contributed by atoms with van der Waals surface area (Å²) in [6.07, 6.45) is 0.575. The van der Waals surface area contributed by atoms with Gasteiger partial charge in [-0.2, -0.15) is 0 Å².